The fraction of sp³-hybridized carbons (Fsp3) is 0.333. The predicted molar refractivity (Wildman–Crippen MR) is 71.7 cm³/mol. The molecule has 0 amide bonds. The molecule has 0 radical (unpaired) electrons. The van der Waals surface area contributed by atoms with Gasteiger partial charge in [0.1, 0.15) is 17.6 Å². The maximum Gasteiger partial charge on any atom is 0.119 e. The lowest BCUT2D eigenvalue weighted by atomic mass is 10.2. The Kier molecular flexibility index (Phi) is 4.42. The highest BCUT2D eigenvalue weighted by molar-refractivity contribution is 5.26. The van der Waals surface area contributed by atoms with Crippen LogP contribution in [-0.4, -0.2) is 12.6 Å². The fourth-order valence-electron chi connectivity index (χ4n) is 1.70. The van der Waals surface area contributed by atoms with E-state index in [0.717, 1.165) is 24.6 Å². The Hall–Kier alpha value is -1.74. The van der Waals surface area contributed by atoms with Gasteiger partial charge in [0.25, 0.3) is 0 Å². The number of furan rings is 1. The molecular weight excluding hydrogens is 226 g/mol. The first kappa shape index (κ1) is 12.7. The van der Waals surface area contributed by atoms with E-state index in [2.05, 4.69) is 31.3 Å². The van der Waals surface area contributed by atoms with Crippen LogP contribution in [0.1, 0.15) is 18.2 Å². The minimum atomic E-state index is 0.127. The summed E-state index contributed by atoms with van der Waals surface area (Å²) < 4.78 is 11.0. The van der Waals surface area contributed by atoms with Crippen molar-refractivity contribution in [3.8, 4) is 5.75 Å². The molecule has 3 heteroatoms. The smallest absolute Gasteiger partial charge is 0.119 e. The van der Waals surface area contributed by atoms with Crippen LogP contribution in [0.5, 0.6) is 5.75 Å². The minimum Gasteiger partial charge on any atom is -0.489 e. The van der Waals surface area contributed by atoms with Gasteiger partial charge in [0.15, 0.2) is 0 Å². The van der Waals surface area contributed by atoms with Crippen molar-refractivity contribution in [2.45, 2.75) is 26.5 Å². The first-order valence-corrected chi connectivity index (χ1v) is 6.20. The molecule has 0 bridgehead atoms. The van der Waals surface area contributed by atoms with Crippen LogP contribution in [0.25, 0.3) is 0 Å². The SMILES string of the molecule is Cc1ccc(O[C@H](C)CNCc2ccco2)cc1. The van der Waals surface area contributed by atoms with Crippen LogP contribution in [-0.2, 0) is 6.54 Å². The van der Waals surface area contributed by atoms with Crippen molar-refractivity contribution in [2.75, 3.05) is 6.54 Å². The normalized spacial score (nSPS) is 12.3. The molecule has 1 heterocycles. The van der Waals surface area contributed by atoms with E-state index in [1.54, 1.807) is 6.26 Å². The van der Waals surface area contributed by atoms with Gasteiger partial charge in [-0.3, -0.25) is 0 Å². The molecule has 0 spiro atoms. The molecule has 1 atom stereocenters. The quantitative estimate of drug-likeness (QED) is 0.849. The summed E-state index contributed by atoms with van der Waals surface area (Å²) in [6.45, 7) is 5.64. The van der Waals surface area contributed by atoms with Crippen molar-refractivity contribution >= 4 is 0 Å². The van der Waals surface area contributed by atoms with Gasteiger partial charge >= 0.3 is 0 Å². The summed E-state index contributed by atoms with van der Waals surface area (Å²) in [7, 11) is 0. The molecule has 3 nitrogen and oxygen atoms in total. The fourth-order valence-corrected chi connectivity index (χ4v) is 1.70. The molecule has 0 fully saturated rings. The molecule has 0 aliphatic rings. The van der Waals surface area contributed by atoms with Gasteiger partial charge < -0.3 is 14.5 Å². The van der Waals surface area contributed by atoms with Gasteiger partial charge in [-0.2, -0.15) is 0 Å². The van der Waals surface area contributed by atoms with E-state index in [1.165, 1.54) is 5.56 Å². The second-order valence-electron chi connectivity index (χ2n) is 4.45. The molecule has 0 aliphatic heterocycles. The van der Waals surface area contributed by atoms with Crippen LogP contribution in [0, 0.1) is 6.92 Å². The van der Waals surface area contributed by atoms with Crippen LogP contribution in [0.2, 0.25) is 0 Å². The van der Waals surface area contributed by atoms with Gasteiger partial charge in [-0.15, -0.1) is 0 Å². The van der Waals surface area contributed by atoms with Crippen LogP contribution >= 0.6 is 0 Å². The van der Waals surface area contributed by atoms with Crippen LogP contribution in [0.4, 0.5) is 0 Å². The molecule has 96 valence electrons. The standard InChI is InChI=1S/C15H19NO2/c1-12-5-7-14(8-6-12)18-13(2)10-16-11-15-4-3-9-17-15/h3-9,13,16H,10-11H2,1-2H3/t13-/m1/s1. The number of aryl methyl sites for hydroxylation is 1. The Bertz CT molecular complexity index is 448. The van der Waals surface area contributed by atoms with Crippen molar-refractivity contribution < 1.29 is 9.15 Å². The Morgan fingerprint density at radius 1 is 1.22 bits per heavy atom. The zero-order valence-corrected chi connectivity index (χ0v) is 10.8. The summed E-state index contributed by atoms with van der Waals surface area (Å²) in [5, 5.41) is 3.30. The van der Waals surface area contributed by atoms with E-state index in [-0.39, 0.29) is 6.10 Å². The molecule has 0 aliphatic carbocycles. The predicted octanol–water partition coefficient (Wildman–Crippen LogP) is 3.15. The maximum atomic E-state index is 5.80. The van der Waals surface area contributed by atoms with Gasteiger partial charge in [-0.1, -0.05) is 17.7 Å². The summed E-state index contributed by atoms with van der Waals surface area (Å²) in [6.07, 6.45) is 1.81. The summed E-state index contributed by atoms with van der Waals surface area (Å²) in [6, 6.07) is 12.0. The second kappa shape index (κ2) is 6.26. The van der Waals surface area contributed by atoms with Gasteiger partial charge in [0.2, 0.25) is 0 Å². The molecule has 1 N–H and O–H groups in total. The zero-order chi connectivity index (χ0) is 12.8. The van der Waals surface area contributed by atoms with E-state index >= 15 is 0 Å². The van der Waals surface area contributed by atoms with Gasteiger partial charge in [0, 0.05) is 6.54 Å². The number of ether oxygens (including phenoxy) is 1. The monoisotopic (exact) mass is 245 g/mol. The van der Waals surface area contributed by atoms with Crippen molar-refractivity contribution in [1.82, 2.24) is 5.32 Å². The van der Waals surface area contributed by atoms with Crippen LogP contribution < -0.4 is 10.1 Å². The molecule has 0 saturated carbocycles. The lowest BCUT2D eigenvalue weighted by Gasteiger charge is -2.15. The number of nitrogens with one attached hydrogen (secondary N) is 1. The van der Waals surface area contributed by atoms with Crippen LogP contribution in [0.3, 0.4) is 0 Å². The molecular formula is C15H19NO2. The highest BCUT2D eigenvalue weighted by atomic mass is 16.5. The van der Waals surface area contributed by atoms with E-state index in [9.17, 15) is 0 Å². The molecule has 1 aromatic carbocycles. The average Bonchev–Trinajstić information content (AvgIpc) is 2.85. The van der Waals surface area contributed by atoms with Gasteiger partial charge in [-0.25, -0.2) is 0 Å². The van der Waals surface area contributed by atoms with Crippen molar-refractivity contribution in [3.63, 3.8) is 0 Å². The summed E-state index contributed by atoms with van der Waals surface area (Å²) >= 11 is 0. The molecule has 18 heavy (non-hydrogen) atoms. The van der Waals surface area contributed by atoms with E-state index < -0.39 is 0 Å². The Morgan fingerprint density at radius 3 is 2.67 bits per heavy atom. The number of hydrogen-bond acceptors (Lipinski definition) is 3. The molecule has 2 rings (SSSR count). The summed E-state index contributed by atoms with van der Waals surface area (Å²) in [4.78, 5) is 0. The average molecular weight is 245 g/mol. The summed E-state index contributed by atoms with van der Waals surface area (Å²) in [5.41, 5.74) is 1.24. The van der Waals surface area contributed by atoms with E-state index in [1.807, 2.05) is 24.3 Å². The number of benzene rings is 1. The Morgan fingerprint density at radius 2 is 2.00 bits per heavy atom. The minimum absolute atomic E-state index is 0.127. The second-order valence-corrected chi connectivity index (χ2v) is 4.45. The zero-order valence-electron chi connectivity index (χ0n) is 10.8. The summed E-state index contributed by atoms with van der Waals surface area (Å²) in [5.74, 6) is 1.85. The molecule has 1 aromatic heterocycles. The first-order valence-electron chi connectivity index (χ1n) is 6.20. The number of hydrogen-bond donors (Lipinski definition) is 1. The third-order valence-corrected chi connectivity index (χ3v) is 2.67. The highest BCUT2D eigenvalue weighted by Crippen LogP contribution is 2.13. The van der Waals surface area contributed by atoms with E-state index in [0.29, 0.717) is 0 Å². The lowest BCUT2D eigenvalue weighted by Crippen LogP contribution is -2.28. The largest absolute Gasteiger partial charge is 0.489 e. The molecule has 0 unspecified atom stereocenters. The third kappa shape index (κ3) is 3.93. The highest BCUT2D eigenvalue weighted by Gasteiger charge is 2.04. The van der Waals surface area contributed by atoms with Crippen LogP contribution in [0.15, 0.2) is 47.1 Å². The molecule has 0 saturated heterocycles. The first-order chi connectivity index (χ1) is 8.74. The van der Waals surface area contributed by atoms with Gasteiger partial charge in [-0.05, 0) is 38.1 Å². The van der Waals surface area contributed by atoms with Crippen molar-refractivity contribution in [1.29, 1.82) is 0 Å². The maximum absolute atomic E-state index is 5.80. The lowest BCUT2D eigenvalue weighted by molar-refractivity contribution is 0.215. The van der Waals surface area contributed by atoms with Crippen molar-refractivity contribution in [3.05, 3.63) is 54.0 Å². The van der Waals surface area contributed by atoms with Crippen molar-refractivity contribution in [2.24, 2.45) is 0 Å². The molecule has 2 aromatic rings. The topological polar surface area (TPSA) is 34.4 Å². The van der Waals surface area contributed by atoms with Gasteiger partial charge in [0.05, 0.1) is 12.8 Å². The Balaban J connectivity index is 1.71. The Labute approximate surface area is 108 Å². The third-order valence-electron chi connectivity index (χ3n) is 2.67. The van der Waals surface area contributed by atoms with E-state index in [4.69, 9.17) is 9.15 Å². The number of rotatable bonds is 6.